The van der Waals surface area contributed by atoms with Crippen LogP contribution in [0.1, 0.15) is 11.1 Å². The van der Waals surface area contributed by atoms with Crippen LogP contribution in [0.25, 0.3) is 6.08 Å². The molecule has 0 saturated carbocycles. The Balaban J connectivity index is 1.85. The summed E-state index contributed by atoms with van der Waals surface area (Å²) in [7, 11) is 1.45. The number of imide groups is 1. The summed E-state index contributed by atoms with van der Waals surface area (Å²) >= 11 is 8.73. The highest BCUT2D eigenvalue weighted by Crippen LogP contribution is 2.36. The van der Waals surface area contributed by atoms with Crippen LogP contribution in [0.15, 0.2) is 41.3 Å². The number of amides is 2. The molecule has 5 nitrogen and oxygen atoms in total. The molecule has 0 radical (unpaired) electrons. The molecular weight excluding hydrogens is 489 g/mol. The van der Waals surface area contributed by atoms with E-state index in [0.29, 0.717) is 24.8 Å². The minimum Gasteiger partial charge on any atom is -0.504 e. The molecule has 0 atom stereocenters. The zero-order chi connectivity index (χ0) is 18.8. The average Bonchev–Trinajstić information content (AvgIpc) is 2.87. The summed E-state index contributed by atoms with van der Waals surface area (Å²) in [6.07, 6.45) is 1.62. The van der Waals surface area contributed by atoms with Crippen LogP contribution in [0.5, 0.6) is 11.5 Å². The summed E-state index contributed by atoms with van der Waals surface area (Å²) in [6, 6.07) is 10.3. The van der Waals surface area contributed by atoms with Gasteiger partial charge in [0.05, 0.1) is 22.1 Å². The van der Waals surface area contributed by atoms with Gasteiger partial charge in [-0.2, -0.15) is 0 Å². The number of halogens is 2. The van der Waals surface area contributed by atoms with Crippen molar-refractivity contribution in [2.75, 3.05) is 7.11 Å². The zero-order valence-corrected chi connectivity index (χ0v) is 17.3. The molecular formula is C18H13ClINO4S. The second-order valence-electron chi connectivity index (χ2n) is 5.45. The quantitative estimate of drug-likeness (QED) is 0.477. The van der Waals surface area contributed by atoms with Gasteiger partial charge < -0.3 is 9.84 Å². The second-order valence-corrected chi connectivity index (χ2v) is 8.04. The number of hydrogen-bond donors (Lipinski definition) is 1. The van der Waals surface area contributed by atoms with Gasteiger partial charge in [-0.05, 0) is 75.8 Å². The van der Waals surface area contributed by atoms with Crippen molar-refractivity contribution in [3.05, 3.63) is 61.0 Å². The molecule has 2 aromatic carbocycles. The molecule has 3 rings (SSSR count). The van der Waals surface area contributed by atoms with Gasteiger partial charge in [0.2, 0.25) is 0 Å². The van der Waals surface area contributed by atoms with E-state index in [4.69, 9.17) is 16.3 Å². The molecule has 1 aliphatic rings. The van der Waals surface area contributed by atoms with Gasteiger partial charge in [0.15, 0.2) is 11.5 Å². The largest absolute Gasteiger partial charge is 0.504 e. The summed E-state index contributed by atoms with van der Waals surface area (Å²) in [5, 5.41) is 10.2. The fraction of sp³-hybridized carbons (Fsp3) is 0.111. The predicted octanol–water partition coefficient (Wildman–Crippen LogP) is 4.90. The summed E-state index contributed by atoms with van der Waals surface area (Å²) in [5.41, 5.74) is 1.49. The molecule has 1 aliphatic heterocycles. The van der Waals surface area contributed by atoms with Crippen molar-refractivity contribution in [1.29, 1.82) is 0 Å². The molecule has 0 spiro atoms. The summed E-state index contributed by atoms with van der Waals surface area (Å²) < 4.78 is 5.72. The van der Waals surface area contributed by atoms with Gasteiger partial charge in [-0.1, -0.05) is 23.7 Å². The number of thioether (sulfide) groups is 1. The van der Waals surface area contributed by atoms with E-state index >= 15 is 0 Å². The Labute approximate surface area is 173 Å². The Bertz CT molecular complexity index is 914. The van der Waals surface area contributed by atoms with Gasteiger partial charge in [0.1, 0.15) is 0 Å². The Kier molecular flexibility index (Phi) is 5.79. The monoisotopic (exact) mass is 501 g/mol. The van der Waals surface area contributed by atoms with Crippen LogP contribution in [0.3, 0.4) is 0 Å². The van der Waals surface area contributed by atoms with Crippen LogP contribution in [-0.2, 0) is 11.3 Å². The van der Waals surface area contributed by atoms with Crippen molar-refractivity contribution in [2.45, 2.75) is 6.54 Å². The van der Waals surface area contributed by atoms with Crippen molar-refractivity contribution in [1.82, 2.24) is 4.90 Å². The lowest BCUT2D eigenvalue weighted by Crippen LogP contribution is -2.27. The topological polar surface area (TPSA) is 66.8 Å². The number of nitrogens with zero attached hydrogens (tertiary/aromatic N) is 1. The lowest BCUT2D eigenvalue weighted by atomic mass is 10.1. The van der Waals surface area contributed by atoms with E-state index in [0.717, 1.165) is 17.3 Å². The highest BCUT2D eigenvalue weighted by molar-refractivity contribution is 14.1. The number of methoxy groups -OCH3 is 1. The SMILES string of the molecule is COc1cc(/C=C2\SC(=O)N(Cc3ccc(Cl)cc3)C2=O)cc(I)c1O. The fourth-order valence-electron chi connectivity index (χ4n) is 2.39. The predicted molar refractivity (Wildman–Crippen MR) is 110 cm³/mol. The van der Waals surface area contributed by atoms with Crippen molar-refractivity contribution in [3.63, 3.8) is 0 Å². The summed E-state index contributed by atoms with van der Waals surface area (Å²) in [4.78, 5) is 26.4. The molecule has 0 aliphatic carbocycles. The molecule has 1 fully saturated rings. The molecule has 134 valence electrons. The van der Waals surface area contributed by atoms with E-state index in [-0.39, 0.29) is 23.4 Å². The van der Waals surface area contributed by atoms with Gasteiger partial charge in [0.25, 0.3) is 11.1 Å². The molecule has 1 heterocycles. The number of carbonyl (C=O) groups is 2. The van der Waals surface area contributed by atoms with E-state index < -0.39 is 0 Å². The van der Waals surface area contributed by atoms with Gasteiger partial charge in [-0.25, -0.2) is 0 Å². The Morgan fingerprint density at radius 1 is 1.27 bits per heavy atom. The number of carbonyl (C=O) groups excluding carboxylic acids is 2. The van der Waals surface area contributed by atoms with Crippen LogP contribution in [-0.4, -0.2) is 28.3 Å². The molecule has 8 heteroatoms. The molecule has 1 saturated heterocycles. The third kappa shape index (κ3) is 3.99. The van der Waals surface area contributed by atoms with Gasteiger partial charge in [-0.15, -0.1) is 0 Å². The number of phenols is 1. The first-order valence-corrected chi connectivity index (χ1v) is 9.72. The normalized spacial score (nSPS) is 15.8. The van der Waals surface area contributed by atoms with Crippen LogP contribution in [0, 0.1) is 3.57 Å². The van der Waals surface area contributed by atoms with E-state index in [2.05, 4.69) is 0 Å². The molecule has 0 aromatic heterocycles. The third-order valence-corrected chi connectivity index (χ3v) is 5.68. The third-order valence-electron chi connectivity index (χ3n) is 3.70. The number of ether oxygens (including phenoxy) is 1. The first kappa shape index (κ1) is 19.1. The maximum Gasteiger partial charge on any atom is 0.293 e. The number of rotatable bonds is 4. The van der Waals surface area contributed by atoms with Crippen molar-refractivity contribution < 1.29 is 19.4 Å². The maximum absolute atomic E-state index is 12.6. The molecule has 26 heavy (non-hydrogen) atoms. The number of benzene rings is 2. The first-order valence-electron chi connectivity index (χ1n) is 7.45. The average molecular weight is 502 g/mol. The molecule has 1 N–H and O–H groups in total. The standard InChI is InChI=1S/C18H13ClINO4S/c1-25-14-7-11(6-13(20)16(14)22)8-15-17(23)21(18(24)26-15)9-10-2-4-12(19)5-3-10/h2-8,22H,9H2,1H3/b15-8-. The molecule has 2 aromatic rings. The summed E-state index contributed by atoms with van der Waals surface area (Å²) in [6.45, 7) is 0.190. The van der Waals surface area contributed by atoms with E-state index in [9.17, 15) is 14.7 Å². The van der Waals surface area contributed by atoms with Gasteiger partial charge in [-0.3, -0.25) is 14.5 Å². The van der Waals surface area contributed by atoms with E-state index in [1.165, 1.54) is 12.0 Å². The fourth-order valence-corrected chi connectivity index (χ4v) is 3.98. The highest BCUT2D eigenvalue weighted by atomic mass is 127. The number of hydrogen-bond acceptors (Lipinski definition) is 5. The Morgan fingerprint density at radius 3 is 2.62 bits per heavy atom. The van der Waals surface area contributed by atoms with Crippen LogP contribution in [0.4, 0.5) is 4.79 Å². The minimum absolute atomic E-state index is 0.0427. The number of aromatic hydroxyl groups is 1. The second kappa shape index (κ2) is 7.89. The molecule has 0 bridgehead atoms. The highest BCUT2D eigenvalue weighted by Gasteiger charge is 2.35. The first-order chi connectivity index (χ1) is 12.4. The van der Waals surface area contributed by atoms with Crippen LogP contribution >= 0.6 is 46.0 Å². The van der Waals surface area contributed by atoms with E-state index in [1.54, 1.807) is 42.5 Å². The number of phenolic OH excluding ortho intramolecular Hbond substituents is 1. The Morgan fingerprint density at radius 2 is 1.96 bits per heavy atom. The smallest absolute Gasteiger partial charge is 0.293 e. The Hall–Kier alpha value is -1.71. The lowest BCUT2D eigenvalue weighted by Gasteiger charge is -2.12. The van der Waals surface area contributed by atoms with Crippen molar-refractivity contribution in [2.24, 2.45) is 0 Å². The van der Waals surface area contributed by atoms with Gasteiger partial charge in [0, 0.05) is 5.02 Å². The molecule has 0 unspecified atom stereocenters. The summed E-state index contributed by atoms with van der Waals surface area (Å²) in [5.74, 6) is 0.00151. The maximum atomic E-state index is 12.6. The molecule has 2 amide bonds. The zero-order valence-electron chi connectivity index (χ0n) is 13.5. The van der Waals surface area contributed by atoms with E-state index in [1.807, 2.05) is 22.6 Å². The lowest BCUT2D eigenvalue weighted by molar-refractivity contribution is -0.123. The van der Waals surface area contributed by atoms with Crippen molar-refractivity contribution >= 4 is 63.2 Å². The van der Waals surface area contributed by atoms with Crippen LogP contribution < -0.4 is 4.74 Å². The van der Waals surface area contributed by atoms with Crippen LogP contribution in [0.2, 0.25) is 5.02 Å². The minimum atomic E-state index is -0.350. The van der Waals surface area contributed by atoms with Crippen molar-refractivity contribution in [3.8, 4) is 11.5 Å². The van der Waals surface area contributed by atoms with Gasteiger partial charge >= 0.3 is 0 Å².